The van der Waals surface area contributed by atoms with Gasteiger partial charge in [-0.2, -0.15) is 0 Å². The van der Waals surface area contributed by atoms with Crippen molar-refractivity contribution in [1.29, 1.82) is 0 Å². The second kappa shape index (κ2) is 4.85. The van der Waals surface area contributed by atoms with Gasteiger partial charge in [0.1, 0.15) is 5.00 Å². The summed E-state index contributed by atoms with van der Waals surface area (Å²) in [6, 6.07) is 3.92. The number of carbonyl (C=O) groups is 2. The normalized spacial score (nSPS) is 12.6. The first kappa shape index (κ1) is 13.6. The van der Waals surface area contributed by atoms with E-state index in [1.165, 1.54) is 18.3 Å². The predicted molar refractivity (Wildman–Crippen MR) is 83.6 cm³/mol. The lowest BCUT2D eigenvalue weighted by atomic mass is 10.1. The minimum Gasteiger partial charge on any atom is -0.343 e. The maximum atomic E-state index is 12.2. The molecule has 0 unspecified atom stereocenters. The number of anilines is 4. The number of benzene rings is 1. The Bertz CT molecular complexity index is 767. The molecule has 6 nitrogen and oxygen atoms in total. The molecule has 0 aliphatic carbocycles. The third kappa shape index (κ3) is 2.47. The molecule has 0 saturated heterocycles. The smallest absolute Gasteiger partial charge is 0.277 e. The number of thiazole rings is 1. The minimum absolute atomic E-state index is 0.216. The van der Waals surface area contributed by atoms with E-state index in [1.54, 1.807) is 0 Å². The molecule has 0 saturated carbocycles. The van der Waals surface area contributed by atoms with Crippen LogP contribution in [0.2, 0.25) is 0 Å². The fourth-order valence-corrected chi connectivity index (χ4v) is 3.01. The number of carbonyl (C=O) groups excluding carboxylic acids is 2. The topological polar surface area (TPSA) is 83.1 Å². The molecule has 1 aromatic heterocycles. The second-order valence-corrected chi connectivity index (χ2v) is 5.94. The van der Waals surface area contributed by atoms with Crippen molar-refractivity contribution < 1.29 is 9.59 Å². The molecular formula is C14H14N4O2S. The Morgan fingerprint density at radius 1 is 1.19 bits per heavy atom. The zero-order valence-corrected chi connectivity index (χ0v) is 12.6. The lowest BCUT2D eigenvalue weighted by molar-refractivity contribution is -0.114. The Morgan fingerprint density at radius 2 is 1.81 bits per heavy atom. The van der Waals surface area contributed by atoms with Crippen LogP contribution in [-0.2, 0) is 4.79 Å². The summed E-state index contributed by atoms with van der Waals surface area (Å²) < 4.78 is 0. The van der Waals surface area contributed by atoms with E-state index in [-0.39, 0.29) is 17.5 Å². The van der Waals surface area contributed by atoms with Gasteiger partial charge in [-0.1, -0.05) is 11.3 Å². The van der Waals surface area contributed by atoms with Gasteiger partial charge < -0.3 is 16.0 Å². The van der Waals surface area contributed by atoms with Gasteiger partial charge in [0.25, 0.3) is 5.91 Å². The van der Waals surface area contributed by atoms with E-state index in [4.69, 9.17) is 0 Å². The van der Waals surface area contributed by atoms with Crippen molar-refractivity contribution in [2.24, 2.45) is 0 Å². The molecule has 108 valence electrons. The van der Waals surface area contributed by atoms with Crippen LogP contribution < -0.4 is 16.0 Å². The van der Waals surface area contributed by atoms with Gasteiger partial charge in [0.15, 0.2) is 10.8 Å². The highest BCUT2D eigenvalue weighted by Crippen LogP contribution is 2.38. The van der Waals surface area contributed by atoms with E-state index >= 15 is 0 Å². The highest BCUT2D eigenvalue weighted by Gasteiger charge is 2.24. The van der Waals surface area contributed by atoms with E-state index < -0.39 is 0 Å². The first-order chi connectivity index (χ1) is 9.94. The van der Waals surface area contributed by atoms with Crippen molar-refractivity contribution in [3.8, 4) is 0 Å². The van der Waals surface area contributed by atoms with Gasteiger partial charge in [-0.05, 0) is 37.1 Å². The molecule has 7 heteroatoms. The van der Waals surface area contributed by atoms with Crippen LogP contribution in [0.3, 0.4) is 0 Å². The highest BCUT2D eigenvalue weighted by atomic mass is 32.1. The van der Waals surface area contributed by atoms with Gasteiger partial charge in [0.05, 0.1) is 11.4 Å². The molecule has 2 amide bonds. The van der Waals surface area contributed by atoms with E-state index in [0.29, 0.717) is 10.1 Å². The van der Waals surface area contributed by atoms with Crippen LogP contribution in [0.5, 0.6) is 0 Å². The maximum Gasteiger partial charge on any atom is 0.277 e. The van der Waals surface area contributed by atoms with Gasteiger partial charge in [-0.15, -0.1) is 0 Å². The summed E-state index contributed by atoms with van der Waals surface area (Å²) >= 11 is 1.24. The van der Waals surface area contributed by atoms with Crippen molar-refractivity contribution in [3.63, 3.8) is 0 Å². The minimum atomic E-state index is -0.285. The van der Waals surface area contributed by atoms with Crippen LogP contribution in [0.4, 0.5) is 21.5 Å². The molecule has 21 heavy (non-hydrogen) atoms. The van der Waals surface area contributed by atoms with E-state index in [9.17, 15) is 9.59 Å². The Hall–Kier alpha value is -2.41. The Morgan fingerprint density at radius 3 is 2.43 bits per heavy atom. The van der Waals surface area contributed by atoms with Gasteiger partial charge in [-0.3, -0.25) is 9.59 Å². The first-order valence-corrected chi connectivity index (χ1v) is 7.23. The summed E-state index contributed by atoms with van der Waals surface area (Å²) in [5.41, 5.74) is 4.08. The maximum absolute atomic E-state index is 12.2. The molecule has 3 rings (SSSR count). The fraction of sp³-hybridized carbons (Fsp3) is 0.214. The Kier molecular flexibility index (Phi) is 3.13. The molecule has 2 aromatic rings. The predicted octanol–water partition coefficient (Wildman–Crippen LogP) is 3.03. The Balaban J connectivity index is 2.05. The lowest BCUT2D eigenvalue weighted by Gasteiger charge is -2.11. The first-order valence-electron chi connectivity index (χ1n) is 6.42. The van der Waals surface area contributed by atoms with Crippen LogP contribution in [0.1, 0.15) is 28.5 Å². The average molecular weight is 302 g/mol. The zero-order chi connectivity index (χ0) is 15.1. The quantitative estimate of drug-likeness (QED) is 0.756. The van der Waals surface area contributed by atoms with Crippen molar-refractivity contribution in [2.45, 2.75) is 20.8 Å². The van der Waals surface area contributed by atoms with Crippen LogP contribution in [0.25, 0.3) is 0 Å². The van der Waals surface area contributed by atoms with Crippen molar-refractivity contribution in [3.05, 3.63) is 29.0 Å². The summed E-state index contributed by atoms with van der Waals surface area (Å²) in [4.78, 5) is 27.5. The molecule has 0 atom stereocenters. The summed E-state index contributed by atoms with van der Waals surface area (Å²) in [7, 11) is 0. The van der Waals surface area contributed by atoms with E-state index in [1.807, 2.05) is 26.0 Å². The molecule has 0 bridgehead atoms. The number of nitrogens with one attached hydrogen (secondary N) is 3. The van der Waals surface area contributed by atoms with Gasteiger partial charge in [0, 0.05) is 6.92 Å². The molecule has 1 aliphatic heterocycles. The van der Waals surface area contributed by atoms with E-state index in [0.717, 1.165) is 22.5 Å². The number of aryl methyl sites for hydroxylation is 2. The van der Waals surface area contributed by atoms with Crippen molar-refractivity contribution in [2.75, 3.05) is 16.0 Å². The number of hydrogen-bond donors (Lipinski definition) is 3. The van der Waals surface area contributed by atoms with Crippen LogP contribution >= 0.6 is 11.3 Å². The van der Waals surface area contributed by atoms with Crippen LogP contribution in [-0.4, -0.2) is 16.8 Å². The molecule has 3 N–H and O–H groups in total. The van der Waals surface area contributed by atoms with Crippen LogP contribution in [0, 0.1) is 13.8 Å². The van der Waals surface area contributed by atoms with E-state index in [2.05, 4.69) is 20.9 Å². The molecule has 1 aliphatic rings. The third-order valence-electron chi connectivity index (χ3n) is 3.26. The molecule has 0 fully saturated rings. The van der Waals surface area contributed by atoms with Gasteiger partial charge in [-0.25, -0.2) is 4.98 Å². The second-order valence-electron chi connectivity index (χ2n) is 4.94. The molecule has 1 aromatic carbocycles. The SMILES string of the molecule is CC(=O)Nc1nc2c(s1)Nc1cc(C)c(C)cc1NC2=O. The van der Waals surface area contributed by atoms with Crippen molar-refractivity contribution in [1.82, 2.24) is 4.98 Å². The average Bonchev–Trinajstić information content (AvgIpc) is 2.72. The molecule has 0 radical (unpaired) electrons. The van der Waals surface area contributed by atoms with Crippen molar-refractivity contribution >= 4 is 44.7 Å². The summed E-state index contributed by atoms with van der Waals surface area (Å²) in [6.07, 6.45) is 0. The summed E-state index contributed by atoms with van der Waals surface area (Å²) in [6.45, 7) is 5.41. The summed E-state index contributed by atoms with van der Waals surface area (Å²) in [5.74, 6) is -0.501. The fourth-order valence-electron chi connectivity index (χ4n) is 2.09. The monoisotopic (exact) mass is 302 g/mol. The number of rotatable bonds is 1. The zero-order valence-electron chi connectivity index (χ0n) is 11.8. The van der Waals surface area contributed by atoms with Gasteiger partial charge in [0.2, 0.25) is 5.91 Å². The summed E-state index contributed by atoms with van der Waals surface area (Å²) in [5, 5.41) is 9.68. The number of amides is 2. The number of hydrogen-bond acceptors (Lipinski definition) is 5. The third-order valence-corrected chi connectivity index (χ3v) is 4.14. The Labute approximate surface area is 125 Å². The van der Waals surface area contributed by atoms with Crippen LogP contribution in [0.15, 0.2) is 12.1 Å². The van der Waals surface area contributed by atoms with Gasteiger partial charge >= 0.3 is 0 Å². The molecule has 0 spiro atoms. The molecular weight excluding hydrogens is 288 g/mol. The number of nitrogens with zero attached hydrogens (tertiary/aromatic N) is 1. The lowest BCUT2D eigenvalue weighted by Crippen LogP contribution is -2.12. The number of aromatic nitrogens is 1. The molecule has 2 heterocycles. The number of fused-ring (bicyclic) bond motifs is 2. The largest absolute Gasteiger partial charge is 0.343 e. The standard InChI is InChI=1S/C14H14N4O2S/c1-6-4-9-10(5-7(6)2)17-13-11(12(20)16-9)18-14(21-13)15-8(3)19/h4-5,17H,1-3H3,(H,16,20)(H,15,18,19). The highest BCUT2D eigenvalue weighted by molar-refractivity contribution is 7.20.